The Morgan fingerprint density at radius 2 is 1.85 bits per heavy atom. The topological polar surface area (TPSA) is 79.6 Å². The molecule has 1 fully saturated rings. The maximum atomic E-state index is 12.7. The lowest BCUT2D eigenvalue weighted by molar-refractivity contribution is 0.0943. The first-order valence-electron chi connectivity index (χ1n) is 9.19. The van der Waals surface area contributed by atoms with E-state index in [1.54, 1.807) is 0 Å². The molecular formula is C19H21N5O2S. The van der Waals surface area contributed by atoms with Gasteiger partial charge in [0.15, 0.2) is 0 Å². The third-order valence-electron chi connectivity index (χ3n) is 4.65. The normalized spacial score (nSPS) is 14.9. The van der Waals surface area contributed by atoms with Crippen molar-refractivity contribution in [1.29, 1.82) is 0 Å². The van der Waals surface area contributed by atoms with Gasteiger partial charge in [-0.05, 0) is 18.4 Å². The van der Waals surface area contributed by atoms with E-state index in [0.29, 0.717) is 11.5 Å². The molecule has 0 spiro atoms. The summed E-state index contributed by atoms with van der Waals surface area (Å²) >= 11 is 1.36. The van der Waals surface area contributed by atoms with Crippen molar-refractivity contribution in [3.63, 3.8) is 0 Å². The van der Waals surface area contributed by atoms with Gasteiger partial charge in [-0.25, -0.2) is 0 Å². The van der Waals surface area contributed by atoms with Crippen molar-refractivity contribution in [2.75, 3.05) is 18.0 Å². The third kappa shape index (κ3) is 4.00. The number of nitrogens with zero attached hydrogens (tertiary/aromatic N) is 4. The summed E-state index contributed by atoms with van der Waals surface area (Å²) in [4.78, 5) is 31.4. The first-order valence-corrected chi connectivity index (χ1v) is 10.0. The van der Waals surface area contributed by atoms with Gasteiger partial charge in [0.2, 0.25) is 10.1 Å². The van der Waals surface area contributed by atoms with E-state index in [1.807, 2.05) is 30.3 Å². The van der Waals surface area contributed by atoms with Crippen molar-refractivity contribution in [3.8, 4) is 0 Å². The average Bonchev–Trinajstić information content (AvgIpc) is 2.92. The van der Waals surface area contributed by atoms with E-state index < -0.39 is 5.56 Å². The minimum Gasteiger partial charge on any atom is -0.347 e. The molecule has 0 unspecified atom stereocenters. The van der Waals surface area contributed by atoms with Crippen LogP contribution < -0.4 is 15.8 Å². The molecule has 27 heavy (non-hydrogen) atoms. The number of carbonyl (C=O) groups is 1. The van der Waals surface area contributed by atoms with Gasteiger partial charge in [0.05, 0.1) is 0 Å². The van der Waals surface area contributed by atoms with Crippen LogP contribution in [-0.2, 0) is 6.54 Å². The van der Waals surface area contributed by atoms with E-state index in [1.165, 1.54) is 34.8 Å². The summed E-state index contributed by atoms with van der Waals surface area (Å²) in [5.41, 5.74) is 0.788. The van der Waals surface area contributed by atoms with Crippen LogP contribution in [0.5, 0.6) is 0 Å². The van der Waals surface area contributed by atoms with E-state index >= 15 is 0 Å². The molecule has 1 amide bonds. The van der Waals surface area contributed by atoms with E-state index in [-0.39, 0.29) is 11.6 Å². The number of hydrogen-bond acceptors (Lipinski definition) is 6. The molecule has 3 heterocycles. The Balaban J connectivity index is 1.61. The quantitative estimate of drug-likeness (QED) is 0.749. The van der Waals surface area contributed by atoms with Gasteiger partial charge in [-0.1, -0.05) is 54.5 Å². The van der Waals surface area contributed by atoms with Crippen LogP contribution in [0.1, 0.15) is 41.7 Å². The predicted octanol–water partition coefficient (Wildman–Crippen LogP) is 2.46. The molecule has 1 aromatic carbocycles. The second-order valence-electron chi connectivity index (χ2n) is 6.63. The third-order valence-corrected chi connectivity index (χ3v) is 5.62. The predicted molar refractivity (Wildman–Crippen MR) is 105 cm³/mol. The maximum absolute atomic E-state index is 12.7. The number of fused-ring (bicyclic) bond motifs is 1. The van der Waals surface area contributed by atoms with E-state index in [2.05, 4.69) is 20.3 Å². The number of aromatic nitrogens is 3. The van der Waals surface area contributed by atoms with Crippen LogP contribution >= 0.6 is 11.3 Å². The van der Waals surface area contributed by atoms with Crippen LogP contribution in [0.25, 0.3) is 4.96 Å². The lowest BCUT2D eigenvalue weighted by Gasteiger charge is -2.17. The highest BCUT2D eigenvalue weighted by molar-refractivity contribution is 7.20. The van der Waals surface area contributed by atoms with Crippen molar-refractivity contribution < 1.29 is 4.79 Å². The van der Waals surface area contributed by atoms with Crippen LogP contribution in [-0.4, -0.2) is 33.6 Å². The summed E-state index contributed by atoms with van der Waals surface area (Å²) in [5.74, 6) is -0.332. The van der Waals surface area contributed by atoms with E-state index in [0.717, 1.165) is 36.6 Å². The molecule has 8 heteroatoms. The Morgan fingerprint density at radius 3 is 2.59 bits per heavy atom. The van der Waals surface area contributed by atoms with Gasteiger partial charge in [0.1, 0.15) is 5.69 Å². The smallest absolute Gasteiger partial charge is 0.274 e. The second kappa shape index (κ2) is 7.87. The number of amides is 1. The molecular weight excluding hydrogens is 362 g/mol. The first-order chi connectivity index (χ1) is 13.2. The molecule has 2 aromatic heterocycles. The largest absolute Gasteiger partial charge is 0.347 e. The molecule has 1 aliphatic heterocycles. The monoisotopic (exact) mass is 383 g/mol. The molecule has 0 saturated carbocycles. The SMILES string of the molecule is O=C(NCc1ccccc1)c1cc(=O)nc2sc(N3CCCCCC3)nn12. The summed E-state index contributed by atoms with van der Waals surface area (Å²) in [6.07, 6.45) is 4.71. The summed E-state index contributed by atoms with van der Waals surface area (Å²) in [5, 5.41) is 8.26. The highest BCUT2D eigenvalue weighted by atomic mass is 32.1. The standard InChI is InChI=1S/C19H21N5O2S/c25-16-12-15(17(26)20-13-14-8-4-3-5-9-14)24-18(21-16)27-19(22-24)23-10-6-1-2-7-11-23/h3-5,8-9,12H,1-2,6-7,10-11,13H2,(H,20,26). The summed E-state index contributed by atoms with van der Waals surface area (Å²) in [6.45, 7) is 2.28. The van der Waals surface area contributed by atoms with Crippen molar-refractivity contribution in [2.45, 2.75) is 32.2 Å². The molecule has 0 bridgehead atoms. The minimum atomic E-state index is -0.425. The van der Waals surface area contributed by atoms with Crippen molar-refractivity contribution >= 4 is 27.3 Å². The first kappa shape index (κ1) is 17.7. The average molecular weight is 383 g/mol. The lowest BCUT2D eigenvalue weighted by atomic mass is 10.2. The molecule has 3 aromatic rings. The Labute approximate surface area is 160 Å². The zero-order chi connectivity index (χ0) is 18.6. The zero-order valence-corrected chi connectivity index (χ0v) is 15.7. The van der Waals surface area contributed by atoms with Crippen LogP contribution in [0.15, 0.2) is 41.2 Å². The van der Waals surface area contributed by atoms with Crippen LogP contribution in [0.4, 0.5) is 5.13 Å². The Morgan fingerprint density at radius 1 is 1.11 bits per heavy atom. The second-order valence-corrected chi connectivity index (χ2v) is 7.56. The van der Waals surface area contributed by atoms with Crippen molar-refractivity contribution in [2.24, 2.45) is 0 Å². The molecule has 1 N–H and O–H groups in total. The highest BCUT2D eigenvalue weighted by Gasteiger charge is 2.19. The summed E-state index contributed by atoms with van der Waals surface area (Å²) in [6, 6.07) is 10.9. The highest BCUT2D eigenvalue weighted by Crippen LogP contribution is 2.25. The van der Waals surface area contributed by atoms with Gasteiger partial charge in [-0.15, -0.1) is 5.10 Å². The number of nitrogens with one attached hydrogen (secondary N) is 1. The van der Waals surface area contributed by atoms with E-state index in [9.17, 15) is 9.59 Å². The minimum absolute atomic E-state index is 0.221. The van der Waals surface area contributed by atoms with Gasteiger partial charge < -0.3 is 10.2 Å². The maximum Gasteiger partial charge on any atom is 0.274 e. The Kier molecular flexibility index (Phi) is 5.15. The number of benzene rings is 1. The van der Waals surface area contributed by atoms with Crippen molar-refractivity contribution in [3.05, 3.63) is 58.0 Å². The molecule has 0 radical (unpaired) electrons. The van der Waals surface area contributed by atoms with Gasteiger partial charge in [-0.3, -0.25) is 9.59 Å². The molecule has 7 nitrogen and oxygen atoms in total. The zero-order valence-electron chi connectivity index (χ0n) is 14.9. The Hall–Kier alpha value is -2.74. The molecule has 0 aliphatic carbocycles. The molecule has 1 saturated heterocycles. The number of anilines is 1. The van der Waals surface area contributed by atoms with E-state index in [4.69, 9.17) is 0 Å². The van der Waals surface area contributed by atoms with Crippen LogP contribution in [0.2, 0.25) is 0 Å². The number of hydrogen-bond donors (Lipinski definition) is 1. The summed E-state index contributed by atoms with van der Waals surface area (Å²) in [7, 11) is 0. The lowest BCUT2D eigenvalue weighted by Crippen LogP contribution is -2.28. The fourth-order valence-corrected chi connectivity index (χ4v) is 4.18. The van der Waals surface area contributed by atoms with Gasteiger partial charge in [-0.2, -0.15) is 9.50 Å². The summed E-state index contributed by atoms with van der Waals surface area (Å²) < 4.78 is 1.49. The number of carbonyl (C=O) groups excluding carboxylic acids is 1. The van der Waals surface area contributed by atoms with Gasteiger partial charge >= 0.3 is 0 Å². The molecule has 0 atom stereocenters. The van der Waals surface area contributed by atoms with Crippen molar-refractivity contribution in [1.82, 2.24) is 19.9 Å². The van der Waals surface area contributed by atoms with Crippen LogP contribution in [0.3, 0.4) is 0 Å². The molecule has 1 aliphatic rings. The van der Waals surface area contributed by atoms with Crippen LogP contribution in [0, 0.1) is 0 Å². The van der Waals surface area contributed by atoms with Gasteiger partial charge in [0, 0.05) is 25.7 Å². The Bertz CT molecular complexity index is 990. The van der Waals surface area contributed by atoms with Gasteiger partial charge in [0.25, 0.3) is 11.5 Å². The number of rotatable bonds is 4. The molecule has 140 valence electrons. The fourth-order valence-electron chi connectivity index (χ4n) is 3.23. The molecule has 4 rings (SSSR count). The fraction of sp³-hybridized carbons (Fsp3) is 0.368.